The molecule has 18 heavy (non-hydrogen) atoms. The lowest BCUT2D eigenvalue weighted by atomic mass is 10.1. The molecule has 0 aliphatic heterocycles. The molecule has 0 amide bonds. The average Bonchev–Trinajstić information content (AvgIpc) is 2.66. The number of hydrogen-bond acceptors (Lipinski definition) is 5. The van der Waals surface area contributed by atoms with Gasteiger partial charge in [0.25, 0.3) is 0 Å². The smallest absolute Gasteiger partial charge is 0.395 e. The van der Waals surface area contributed by atoms with E-state index in [2.05, 4.69) is 15.2 Å². The maximum Gasteiger partial charge on any atom is 0.395 e. The summed E-state index contributed by atoms with van der Waals surface area (Å²) in [7, 11) is 1.68. The first kappa shape index (κ1) is 14.2. The number of halogens is 1. The number of rotatable bonds is 5. The van der Waals surface area contributed by atoms with Gasteiger partial charge >= 0.3 is 11.9 Å². The second kappa shape index (κ2) is 6.15. The van der Waals surface area contributed by atoms with Crippen molar-refractivity contribution in [1.82, 2.24) is 10.3 Å². The van der Waals surface area contributed by atoms with Crippen LogP contribution in [0.1, 0.15) is 39.0 Å². The normalized spacial score (nSPS) is 10.2. The van der Waals surface area contributed by atoms with E-state index < -0.39 is 11.9 Å². The number of H-pyrrole nitrogens is 1. The number of carbonyl (C=O) groups excluding carboxylic acids is 2. The largest absolute Gasteiger partial charge is 0.462 e. The lowest BCUT2D eigenvalue weighted by Crippen LogP contribution is -2.13. The summed E-state index contributed by atoms with van der Waals surface area (Å²) in [5.74, 6) is -1.73. The Morgan fingerprint density at radius 1 is 1.39 bits per heavy atom. The molecule has 1 aromatic rings. The Labute approximate surface area is 103 Å². The SMILES string of the molecule is CCOC(=O)c1c(CNC)[nH]c(C(=O)OF)c1C. The van der Waals surface area contributed by atoms with E-state index in [-0.39, 0.29) is 17.9 Å². The molecular formula is C11H15FN2O4. The van der Waals surface area contributed by atoms with E-state index in [1.54, 1.807) is 14.0 Å². The number of hydrogen-bond donors (Lipinski definition) is 2. The summed E-state index contributed by atoms with van der Waals surface area (Å²) in [5, 5.41) is 2.83. The van der Waals surface area contributed by atoms with Gasteiger partial charge < -0.3 is 15.0 Å². The summed E-state index contributed by atoms with van der Waals surface area (Å²) in [6.07, 6.45) is 0. The molecule has 0 bridgehead atoms. The maximum absolute atomic E-state index is 11.9. The van der Waals surface area contributed by atoms with E-state index in [1.165, 1.54) is 6.92 Å². The lowest BCUT2D eigenvalue weighted by Gasteiger charge is -2.04. The third-order valence-electron chi connectivity index (χ3n) is 2.43. The Morgan fingerprint density at radius 3 is 2.56 bits per heavy atom. The van der Waals surface area contributed by atoms with Gasteiger partial charge in [-0.1, -0.05) is 0 Å². The van der Waals surface area contributed by atoms with E-state index in [0.29, 0.717) is 17.8 Å². The van der Waals surface area contributed by atoms with Gasteiger partial charge in [0.05, 0.1) is 12.2 Å². The van der Waals surface area contributed by atoms with Crippen LogP contribution in [0.3, 0.4) is 0 Å². The topological polar surface area (TPSA) is 80.4 Å². The van der Waals surface area contributed by atoms with Gasteiger partial charge in [-0.2, -0.15) is 0 Å². The molecule has 2 N–H and O–H groups in total. The van der Waals surface area contributed by atoms with E-state index in [1.807, 2.05) is 0 Å². The number of aromatic amines is 1. The number of esters is 1. The van der Waals surface area contributed by atoms with Gasteiger partial charge in [-0.3, -0.25) is 0 Å². The van der Waals surface area contributed by atoms with E-state index >= 15 is 0 Å². The first-order valence-electron chi connectivity index (χ1n) is 5.42. The standard InChI is InChI=1S/C11H15FN2O4/c1-4-17-10(15)8-6(2)9(11(16)18-12)14-7(8)5-13-3/h13-14H,4-5H2,1-3H3. The third-order valence-corrected chi connectivity index (χ3v) is 2.43. The molecule has 6 nitrogen and oxygen atoms in total. The molecule has 0 atom stereocenters. The predicted molar refractivity (Wildman–Crippen MR) is 60.8 cm³/mol. The molecule has 0 saturated carbocycles. The Hall–Kier alpha value is -1.89. The van der Waals surface area contributed by atoms with Crippen LogP contribution in [-0.2, 0) is 16.2 Å². The molecule has 0 unspecified atom stereocenters. The Kier molecular flexibility index (Phi) is 4.85. The van der Waals surface area contributed by atoms with Crippen molar-refractivity contribution >= 4 is 11.9 Å². The van der Waals surface area contributed by atoms with Crippen LogP contribution in [0.2, 0.25) is 0 Å². The van der Waals surface area contributed by atoms with Gasteiger partial charge in [0.2, 0.25) is 0 Å². The summed E-state index contributed by atoms with van der Waals surface area (Å²) in [6, 6.07) is 0. The molecule has 0 aliphatic rings. The highest BCUT2D eigenvalue weighted by molar-refractivity contribution is 5.98. The first-order chi connectivity index (χ1) is 8.56. The minimum Gasteiger partial charge on any atom is -0.462 e. The number of ether oxygens (including phenoxy) is 1. The van der Waals surface area contributed by atoms with Crippen molar-refractivity contribution in [3.63, 3.8) is 0 Å². The molecule has 0 fully saturated rings. The zero-order chi connectivity index (χ0) is 13.7. The highest BCUT2D eigenvalue weighted by atomic mass is 19.3. The van der Waals surface area contributed by atoms with Crippen molar-refractivity contribution in [1.29, 1.82) is 0 Å². The quantitative estimate of drug-likeness (QED) is 0.777. The Balaban J connectivity index is 3.24. The molecule has 7 heteroatoms. The van der Waals surface area contributed by atoms with Crippen molar-refractivity contribution < 1.29 is 23.8 Å². The van der Waals surface area contributed by atoms with Crippen molar-refractivity contribution in [2.24, 2.45) is 0 Å². The number of nitrogens with one attached hydrogen (secondary N) is 2. The maximum atomic E-state index is 11.9. The van der Waals surface area contributed by atoms with Crippen molar-refractivity contribution in [3.8, 4) is 0 Å². The van der Waals surface area contributed by atoms with Gasteiger partial charge in [0, 0.05) is 16.8 Å². The van der Waals surface area contributed by atoms with E-state index in [9.17, 15) is 14.1 Å². The average molecular weight is 258 g/mol. The van der Waals surface area contributed by atoms with Crippen LogP contribution in [-0.4, -0.2) is 30.6 Å². The summed E-state index contributed by atoms with van der Waals surface area (Å²) < 4.78 is 16.8. The van der Waals surface area contributed by atoms with Gasteiger partial charge in [0.1, 0.15) is 5.69 Å². The predicted octanol–water partition coefficient (Wildman–Crippen LogP) is 1.26. The van der Waals surface area contributed by atoms with Crippen molar-refractivity contribution in [2.75, 3.05) is 13.7 Å². The minimum atomic E-state index is -1.17. The molecule has 0 aliphatic carbocycles. The first-order valence-corrected chi connectivity index (χ1v) is 5.42. The van der Waals surface area contributed by atoms with Crippen LogP contribution < -0.4 is 5.32 Å². The molecular weight excluding hydrogens is 243 g/mol. The Bertz CT molecular complexity index is 456. The Morgan fingerprint density at radius 2 is 2.06 bits per heavy atom. The molecule has 0 saturated heterocycles. The fourth-order valence-corrected chi connectivity index (χ4v) is 1.69. The summed E-state index contributed by atoms with van der Waals surface area (Å²) in [4.78, 5) is 28.8. The number of aromatic nitrogens is 1. The summed E-state index contributed by atoms with van der Waals surface area (Å²) in [6.45, 7) is 3.72. The highest BCUT2D eigenvalue weighted by Gasteiger charge is 2.25. The van der Waals surface area contributed by atoms with Crippen LogP contribution in [0.15, 0.2) is 0 Å². The zero-order valence-electron chi connectivity index (χ0n) is 10.4. The molecule has 100 valence electrons. The fraction of sp³-hybridized carbons (Fsp3) is 0.455. The monoisotopic (exact) mass is 258 g/mol. The van der Waals surface area contributed by atoms with Crippen LogP contribution in [0.25, 0.3) is 0 Å². The van der Waals surface area contributed by atoms with Gasteiger partial charge in [-0.15, -0.1) is 0 Å². The van der Waals surface area contributed by atoms with Crippen LogP contribution in [0.4, 0.5) is 4.53 Å². The van der Waals surface area contributed by atoms with Crippen LogP contribution >= 0.6 is 0 Å². The zero-order valence-corrected chi connectivity index (χ0v) is 10.4. The van der Waals surface area contributed by atoms with Crippen LogP contribution in [0, 0.1) is 6.92 Å². The molecule has 0 radical (unpaired) electrons. The van der Waals surface area contributed by atoms with Crippen molar-refractivity contribution in [2.45, 2.75) is 20.4 Å². The lowest BCUT2D eigenvalue weighted by molar-refractivity contribution is -0.0793. The highest BCUT2D eigenvalue weighted by Crippen LogP contribution is 2.20. The van der Waals surface area contributed by atoms with Crippen molar-refractivity contribution in [3.05, 3.63) is 22.5 Å². The fourth-order valence-electron chi connectivity index (χ4n) is 1.69. The molecule has 1 rings (SSSR count). The van der Waals surface area contributed by atoms with Gasteiger partial charge in [-0.05, 0) is 26.5 Å². The second-order valence-electron chi connectivity index (χ2n) is 3.59. The molecule has 1 heterocycles. The summed E-state index contributed by atoms with van der Waals surface area (Å²) in [5.41, 5.74) is 0.896. The number of carbonyl (C=O) groups is 2. The van der Waals surface area contributed by atoms with E-state index in [4.69, 9.17) is 4.74 Å². The minimum absolute atomic E-state index is 0.0918. The molecule has 0 spiro atoms. The van der Waals surface area contributed by atoms with E-state index in [0.717, 1.165) is 0 Å². The van der Waals surface area contributed by atoms with Gasteiger partial charge in [0.15, 0.2) is 0 Å². The summed E-state index contributed by atoms with van der Waals surface area (Å²) >= 11 is 0. The van der Waals surface area contributed by atoms with Crippen LogP contribution in [0.5, 0.6) is 0 Å². The van der Waals surface area contributed by atoms with Gasteiger partial charge in [-0.25, -0.2) is 14.5 Å². The second-order valence-corrected chi connectivity index (χ2v) is 3.59. The molecule has 1 aromatic heterocycles. The molecule has 0 aromatic carbocycles. The third kappa shape index (κ3) is 2.67.